The predicted molar refractivity (Wildman–Crippen MR) is 126 cm³/mol. The fourth-order valence-corrected chi connectivity index (χ4v) is 4.28. The molecule has 1 aliphatic heterocycles. The van der Waals surface area contributed by atoms with Gasteiger partial charge in [-0.25, -0.2) is 0 Å². The number of amides is 1. The van der Waals surface area contributed by atoms with Crippen LogP contribution in [0.2, 0.25) is 0 Å². The Morgan fingerprint density at radius 3 is 2.42 bits per heavy atom. The van der Waals surface area contributed by atoms with E-state index in [9.17, 15) is 4.79 Å². The third-order valence-corrected chi connectivity index (χ3v) is 6.32. The quantitative estimate of drug-likeness (QED) is 0.461. The van der Waals surface area contributed by atoms with Crippen molar-refractivity contribution in [1.29, 1.82) is 0 Å². The summed E-state index contributed by atoms with van der Waals surface area (Å²) >= 11 is 0. The van der Waals surface area contributed by atoms with Crippen molar-refractivity contribution in [2.24, 2.45) is 0 Å². The summed E-state index contributed by atoms with van der Waals surface area (Å²) in [6.07, 6.45) is 4.00. The summed E-state index contributed by atoms with van der Waals surface area (Å²) < 4.78 is 7.59. The Morgan fingerprint density at radius 2 is 1.70 bits per heavy atom. The van der Waals surface area contributed by atoms with Crippen molar-refractivity contribution >= 4 is 5.91 Å². The van der Waals surface area contributed by atoms with Crippen LogP contribution in [-0.4, -0.2) is 56.6 Å². The number of aryl methyl sites for hydroxylation is 1. The van der Waals surface area contributed by atoms with Gasteiger partial charge in [0.1, 0.15) is 0 Å². The summed E-state index contributed by atoms with van der Waals surface area (Å²) in [5, 5.41) is 4.14. The van der Waals surface area contributed by atoms with Gasteiger partial charge in [0.2, 0.25) is 11.7 Å². The van der Waals surface area contributed by atoms with Gasteiger partial charge in [-0.3, -0.25) is 9.69 Å². The maximum Gasteiger partial charge on any atom is 0.254 e. The van der Waals surface area contributed by atoms with Gasteiger partial charge in [-0.1, -0.05) is 41.6 Å². The van der Waals surface area contributed by atoms with Crippen molar-refractivity contribution in [2.45, 2.75) is 19.9 Å². The van der Waals surface area contributed by atoms with Gasteiger partial charge in [0, 0.05) is 55.4 Å². The van der Waals surface area contributed by atoms with Gasteiger partial charge in [0.15, 0.2) is 0 Å². The molecule has 2 aromatic carbocycles. The molecule has 5 rings (SSSR count). The largest absolute Gasteiger partial charge is 0.337 e. The van der Waals surface area contributed by atoms with Gasteiger partial charge < -0.3 is 14.0 Å². The molecule has 1 saturated heterocycles. The molecule has 1 unspecified atom stereocenters. The monoisotopic (exact) mass is 441 g/mol. The molecule has 0 bridgehead atoms. The summed E-state index contributed by atoms with van der Waals surface area (Å²) in [6, 6.07) is 19.7. The smallest absolute Gasteiger partial charge is 0.254 e. The van der Waals surface area contributed by atoms with Crippen LogP contribution in [0.25, 0.3) is 17.1 Å². The van der Waals surface area contributed by atoms with Crippen molar-refractivity contribution in [3.63, 3.8) is 0 Å². The first-order valence-corrected chi connectivity index (χ1v) is 11.3. The molecule has 0 radical (unpaired) electrons. The first kappa shape index (κ1) is 21.2. The first-order chi connectivity index (χ1) is 16.1. The van der Waals surface area contributed by atoms with Crippen LogP contribution in [-0.2, 0) is 0 Å². The van der Waals surface area contributed by atoms with E-state index in [1.165, 1.54) is 0 Å². The number of nitrogens with zero attached hydrogens (tertiary/aromatic N) is 5. The lowest BCUT2D eigenvalue weighted by molar-refractivity contribution is 0.0551. The van der Waals surface area contributed by atoms with Crippen molar-refractivity contribution in [1.82, 2.24) is 24.5 Å². The average molecular weight is 442 g/mol. The number of hydrogen-bond acceptors (Lipinski definition) is 5. The van der Waals surface area contributed by atoms with Crippen LogP contribution in [0.3, 0.4) is 0 Å². The third kappa shape index (κ3) is 4.32. The molecule has 4 aromatic rings. The first-order valence-electron chi connectivity index (χ1n) is 11.3. The highest BCUT2D eigenvalue weighted by molar-refractivity contribution is 5.95. The number of benzene rings is 2. The SMILES string of the molecule is Cc1ccc(C(=O)N2CCN(C(C)c3nc(-c4ccccc4)no3)CC2)cc1-n1cccc1. The van der Waals surface area contributed by atoms with E-state index in [0.717, 1.165) is 35.5 Å². The number of carbonyl (C=O) groups excluding carboxylic acids is 1. The zero-order valence-electron chi connectivity index (χ0n) is 18.9. The molecule has 0 N–H and O–H groups in total. The highest BCUT2D eigenvalue weighted by Crippen LogP contribution is 2.24. The van der Waals surface area contributed by atoms with E-state index < -0.39 is 0 Å². The zero-order valence-corrected chi connectivity index (χ0v) is 18.9. The number of piperazine rings is 1. The molecule has 168 valence electrons. The summed E-state index contributed by atoms with van der Waals surface area (Å²) in [7, 11) is 0. The number of hydrogen-bond donors (Lipinski definition) is 0. The van der Waals surface area contributed by atoms with Gasteiger partial charge in [0.25, 0.3) is 5.91 Å². The summed E-state index contributed by atoms with van der Waals surface area (Å²) in [5.41, 5.74) is 3.82. The van der Waals surface area contributed by atoms with E-state index in [0.29, 0.717) is 24.8 Å². The number of rotatable bonds is 5. The Balaban J connectivity index is 1.24. The van der Waals surface area contributed by atoms with Gasteiger partial charge in [-0.2, -0.15) is 4.98 Å². The van der Waals surface area contributed by atoms with Crippen LogP contribution in [0.1, 0.15) is 34.8 Å². The normalized spacial score (nSPS) is 15.5. The van der Waals surface area contributed by atoms with Gasteiger partial charge >= 0.3 is 0 Å². The van der Waals surface area contributed by atoms with Crippen LogP contribution in [0.4, 0.5) is 0 Å². The van der Waals surface area contributed by atoms with Gasteiger partial charge in [0.05, 0.1) is 6.04 Å². The molecular weight excluding hydrogens is 414 g/mol. The summed E-state index contributed by atoms with van der Waals surface area (Å²) in [5.74, 6) is 1.27. The lowest BCUT2D eigenvalue weighted by Crippen LogP contribution is -2.49. The Morgan fingerprint density at radius 1 is 0.970 bits per heavy atom. The Hall–Kier alpha value is -3.71. The van der Waals surface area contributed by atoms with E-state index in [-0.39, 0.29) is 11.9 Å². The van der Waals surface area contributed by atoms with Gasteiger partial charge in [-0.15, -0.1) is 0 Å². The Labute approximate surface area is 193 Å². The average Bonchev–Trinajstić information content (AvgIpc) is 3.57. The predicted octanol–water partition coefficient (Wildman–Crippen LogP) is 4.35. The standard InChI is InChI=1S/C26H27N5O2/c1-19-10-11-22(18-23(19)30-12-6-7-13-30)26(32)31-16-14-29(15-17-31)20(2)25-27-24(28-33-25)21-8-4-3-5-9-21/h3-13,18,20H,14-17H2,1-2H3. The molecule has 1 amide bonds. The van der Waals surface area contributed by atoms with E-state index in [1.54, 1.807) is 0 Å². The lowest BCUT2D eigenvalue weighted by atomic mass is 10.1. The molecule has 1 atom stereocenters. The molecule has 7 heteroatoms. The molecule has 0 saturated carbocycles. The maximum absolute atomic E-state index is 13.2. The minimum absolute atomic E-state index is 0.00747. The number of aromatic nitrogens is 3. The van der Waals surface area contributed by atoms with E-state index in [2.05, 4.69) is 28.9 Å². The lowest BCUT2D eigenvalue weighted by Gasteiger charge is -2.36. The Kier molecular flexibility index (Phi) is 5.79. The minimum atomic E-state index is -0.00747. The highest BCUT2D eigenvalue weighted by atomic mass is 16.5. The van der Waals surface area contributed by atoms with Crippen LogP contribution in [0.5, 0.6) is 0 Å². The van der Waals surface area contributed by atoms with Crippen molar-refractivity contribution in [3.8, 4) is 17.1 Å². The Bertz CT molecular complexity index is 1220. The molecule has 7 nitrogen and oxygen atoms in total. The highest BCUT2D eigenvalue weighted by Gasteiger charge is 2.28. The fourth-order valence-electron chi connectivity index (χ4n) is 4.28. The molecule has 0 spiro atoms. The van der Waals surface area contributed by atoms with Crippen LogP contribution < -0.4 is 0 Å². The summed E-state index contributed by atoms with van der Waals surface area (Å²) in [6.45, 7) is 6.97. The van der Waals surface area contributed by atoms with Gasteiger partial charge in [-0.05, 0) is 43.7 Å². The molecule has 0 aliphatic carbocycles. The summed E-state index contributed by atoms with van der Waals surface area (Å²) in [4.78, 5) is 22.0. The van der Waals surface area contributed by atoms with Crippen LogP contribution >= 0.6 is 0 Å². The number of carbonyl (C=O) groups is 1. The van der Waals surface area contributed by atoms with E-state index in [1.807, 2.05) is 82.5 Å². The second-order valence-corrected chi connectivity index (χ2v) is 8.42. The zero-order chi connectivity index (χ0) is 22.8. The molecular formula is C26H27N5O2. The molecule has 3 heterocycles. The minimum Gasteiger partial charge on any atom is -0.337 e. The van der Waals surface area contributed by atoms with Crippen molar-refractivity contribution in [3.05, 3.63) is 90.1 Å². The second kappa shape index (κ2) is 9.03. The molecule has 1 fully saturated rings. The maximum atomic E-state index is 13.2. The molecule has 1 aliphatic rings. The van der Waals surface area contributed by atoms with Crippen LogP contribution in [0.15, 0.2) is 77.6 Å². The van der Waals surface area contributed by atoms with Crippen molar-refractivity contribution in [2.75, 3.05) is 26.2 Å². The van der Waals surface area contributed by atoms with Crippen LogP contribution in [0, 0.1) is 6.92 Å². The third-order valence-electron chi connectivity index (χ3n) is 6.32. The molecule has 2 aromatic heterocycles. The second-order valence-electron chi connectivity index (χ2n) is 8.42. The molecule has 33 heavy (non-hydrogen) atoms. The topological polar surface area (TPSA) is 67.4 Å². The van der Waals surface area contributed by atoms with Crippen molar-refractivity contribution < 1.29 is 9.32 Å². The fraction of sp³-hybridized carbons (Fsp3) is 0.269. The van der Waals surface area contributed by atoms with E-state index in [4.69, 9.17) is 4.52 Å². The van der Waals surface area contributed by atoms with E-state index >= 15 is 0 Å².